The Bertz CT molecular complexity index is 1900. The van der Waals surface area contributed by atoms with E-state index in [0.29, 0.717) is 0 Å². The number of hydrogen-bond acceptors (Lipinski definition) is 8. The fraction of sp³-hybridized carbons (Fsp3) is 0.368. The van der Waals surface area contributed by atoms with Crippen LogP contribution in [0.25, 0.3) is 0 Å². The molecule has 8 rings (SSSR count). The molecule has 0 heterocycles. The lowest BCUT2D eigenvalue weighted by atomic mass is 9.56. The molecule has 4 saturated carbocycles. The normalized spacial score (nSPS) is 20.0. The lowest BCUT2D eigenvalue weighted by Gasteiger charge is -2.49. The molecule has 54 heavy (non-hydrogen) atoms. The molecule has 0 spiro atoms. The van der Waals surface area contributed by atoms with E-state index in [1.807, 2.05) is 27.7 Å². The molecule has 0 unspecified atom stereocenters. The first-order valence-corrected chi connectivity index (χ1v) is 22.8. The molecule has 0 aliphatic heterocycles. The maximum absolute atomic E-state index is 10.5. The molecule has 4 fully saturated rings. The summed E-state index contributed by atoms with van der Waals surface area (Å²) in [5, 5.41) is 0. The van der Waals surface area contributed by atoms with Crippen molar-refractivity contribution in [2.45, 2.75) is 85.8 Å². The maximum atomic E-state index is 10.5. The molecule has 0 saturated heterocycles. The van der Waals surface area contributed by atoms with E-state index in [4.69, 9.17) is 18.2 Å². The molecule has 4 N–H and O–H groups in total. The Balaban J connectivity index is 0.000000181. The third-order valence-electron chi connectivity index (χ3n) is 9.28. The number of hydrogen-bond donors (Lipinski definition) is 4. The Kier molecular flexibility index (Phi) is 15.7. The van der Waals surface area contributed by atoms with Gasteiger partial charge >= 0.3 is 0 Å². The van der Waals surface area contributed by atoms with E-state index >= 15 is 0 Å². The quantitative estimate of drug-likeness (QED) is 0.145. The highest BCUT2D eigenvalue weighted by Crippen LogP contribution is 2.53. The highest BCUT2D eigenvalue weighted by molar-refractivity contribution is 7.86. The molecule has 4 bridgehead atoms. The topological polar surface area (TPSA) is 217 Å². The van der Waals surface area contributed by atoms with Crippen molar-refractivity contribution in [2.24, 2.45) is 23.7 Å². The van der Waals surface area contributed by atoms with Crippen molar-refractivity contribution in [1.82, 2.24) is 0 Å². The van der Waals surface area contributed by atoms with Gasteiger partial charge in [-0.2, -0.15) is 33.7 Å². The van der Waals surface area contributed by atoms with Crippen LogP contribution in [-0.4, -0.2) is 51.9 Å². The van der Waals surface area contributed by atoms with Crippen molar-refractivity contribution in [1.29, 1.82) is 0 Å². The minimum absolute atomic E-state index is 0.0666. The van der Waals surface area contributed by atoms with Crippen LogP contribution < -0.4 is 0 Å². The fourth-order valence-corrected chi connectivity index (χ4v) is 8.74. The van der Waals surface area contributed by atoms with Gasteiger partial charge in [0, 0.05) is 0 Å². The molecule has 0 amide bonds. The van der Waals surface area contributed by atoms with Crippen LogP contribution in [0.3, 0.4) is 0 Å². The smallest absolute Gasteiger partial charge is 0.282 e. The Morgan fingerprint density at radius 3 is 0.556 bits per heavy atom. The van der Waals surface area contributed by atoms with Gasteiger partial charge < -0.3 is 0 Å². The summed E-state index contributed by atoms with van der Waals surface area (Å²) < 4.78 is 118. The van der Waals surface area contributed by atoms with Gasteiger partial charge in [0.1, 0.15) is 0 Å². The van der Waals surface area contributed by atoms with Gasteiger partial charge in [-0.15, -0.1) is 0 Å². The molecule has 0 radical (unpaired) electrons. The molecule has 4 aliphatic rings. The molecule has 4 aromatic rings. The van der Waals surface area contributed by atoms with Gasteiger partial charge in [-0.1, -0.05) is 70.8 Å². The lowest BCUT2D eigenvalue weighted by molar-refractivity contribution is 0.0198. The predicted octanol–water partition coefficient (Wildman–Crippen LogP) is 7.80. The molecule has 12 nitrogen and oxygen atoms in total. The molecule has 296 valence electrons. The Hall–Kier alpha value is -3.48. The Morgan fingerprint density at radius 1 is 0.315 bits per heavy atom. The minimum Gasteiger partial charge on any atom is -0.282 e. The van der Waals surface area contributed by atoms with Crippen molar-refractivity contribution in [3.63, 3.8) is 0 Å². The van der Waals surface area contributed by atoms with E-state index < -0.39 is 40.5 Å². The summed E-state index contributed by atoms with van der Waals surface area (Å²) in [4.78, 5) is -0.266. The first-order valence-electron chi connectivity index (χ1n) is 17.1. The van der Waals surface area contributed by atoms with Crippen molar-refractivity contribution < 1.29 is 51.9 Å². The van der Waals surface area contributed by atoms with E-state index in [2.05, 4.69) is 0 Å². The first kappa shape index (κ1) is 44.9. The van der Waals surface area contributed by atoms with E-state index in [1.165, 1.54) is 72.2 Å². The molecule has 4 aliphatic carbocycles. The molecule has 0 aromatic heterocycles. The zero-order valence-corrected chi connectivity index (χ0v) is 33.7. The maximum Gasteiger partial charge on any atom is 0.294 e. The van der Waals surface area contributed by atoms with Gasteiger partial charge in [-0.3, -0.25) is 18.2 Å². The predicted molar refractivity (Wildman–Crippen MR) is 206 cm³/mol. The van der Waals surface area contributed by atoms with Crippen molar-refractivity contribution in [2.75, 3.05) is 0 Å². The Morgan fingerprint density at radius 2 is 0.444 bits per heavy atom. The highest BCUT2D eigenvalue weighted by atomic mass is 32.2. The minimum atomic E-state index is -4.02. The van der Waals surface area contributed by atoms with Gasteiger partial charge in [0.05, 0.1) is 19.6 Å². The second kappa shape index (κ2) is 18.9. The van der Waals surface area contributed by atoms with Crippen molar-refractivity contribution >= 4 is 40.5 Å². The summed E-state index contributed by atoms with van der Waals surface area (Å²) in [5.41, 5.74) is 3.82. The van der Waals surface area contributed by atoms with Crippen molar-refractivity contribution in [3.8, 4) is 0 Å². The number of benzene rings is 4. The van der Waals surface area contributed by atoms with Crippen LogP contribution >= 0.6 is 0 Å². The van der Waals surface area contributed by atoms with Crippen molar-refractivity contribution in [3.05, 3.63) is 119 Å². The molecule has 0 atom stereocenters. The summed E-state index contributed by atoms with van der Waals surface area (Å²) in [6.45, 7) is 7.36. The second-order valence-electron chi connectivity index (χ2n) is 14.0. The average Bonchev–Trinajstić information content (AvgIpc) is 3.05. The standard InChI is InChI=1S/C10H16.4C7H8O3S/c1-7-2-9-4-8(1)5-10(3-7)6-9;4*1-6-2-4-7(5-3-6)11(8,9)10/h7-10H,1-6H2;4*2-5H,1H3,(H,8,9,10). The van der Waals surface area contributed by atoms with Gasteiger partial charge in [0.2, 0.25) is 0 Å². The average molecular weight is 825 g/mol. The Labute approximate surface area is 319 Å². The molecule has 4 aromatic carbocycles. The van der Waals surface area contributed by atoms with Crippen LogP contribution in [-0.2, 0) is 40.5 Å². The number of rotatable bonds is 4. The highest BCUT2D eigenvalue weighted by Gasteiger charge is 2.41. The zero-order chi connectivity index (χ0) is 40.5. The van der Waals surface area contributed by atoms with Gasteiger partial charge in [0.25, 0.3) is 40.5 Å². The van der Waals surface area contributed by atoms with Gasteiger partial charge in [0.15, 0.2) is 0 Å². The van der Waals surface area contributed by atoms with Crippen LogP contribution in [0, 0.1) is 51.4 Å². The largest absolute Gasteiger partial charge is 0.294 e. The van der Waals surface area contributed by atoms with Crippen LogP contribution in [0.5, 0.6) is 0 Å². The van der Waals surface area contributed by atoms with Gasteiger partial charge in [-0.25, -0.2) is 0 Å². The van der Waals surface area contributed by atoms with E-state index in [-0.39, 0.29) is 19.6 Å². The summed E-state index contributed by atoms with van der Waals surface area (Å²) in [6.07, 6.45) is 9.62. The summed E-state index contributed by atoms with van der Waals surface area (Å²) in [6, 6.07) is 24.0. The lowest BCUT2D eigenvalue weighted by Crippen LogP contribution is -2.38. The third kappa shape index (κ3) is 15.3. The van der Waals surface area contributed by atoms with Crippen LogP contribution in [0.1, 0.15) is 60.8 Å². The number of aryl methyl sites for hydroxylation is 4. The first-order chi connectivity index (χ1) is 24.9. The third-order valence-corrected chi connectivity index (χ3v) is 12.7. The van der Waals surface area contributed by atoms with E-state index in [9.17, 15) is 33.7 Å². The molecule has 16 heteroatoms. The zero-order valence-electron chi connectivity index (χ0n) is 30.5. The monoisotopic (exact) mass is 824 g/mol. The van der Waals surface area contributed by atoms with Crippen LogP contribution in [0.4, 0.5) is 0 Å². The summed E-state index contributed by atoms with van der Waals surface area (Å²) >= 11 is 0. The van der Waals surface area contributed by atoms with E-state index in [0.717, 1.165) is 22.3 Å². The van der Waals surface area contributed by atoms with Crippen LogP contribution in [0.2, 0.25) is 0 Å². The summed E-state index contributed by atoms with van der Waals surface area (Å²) in [7, 11) is -16.1. The molecular formula is C38H48O12S4. The second-order valence-corrected chi connectivity index (χ2v) is 19.7. The SMILES string of the molecule is C1C2CC3CC1CC(C2)C3.Cc1ccc(S(=O)(=O)O)cc1.Cc1ccc(S(=O)(=O)O)cc1.Cc1ccc(S(=O)(=O)O)cc1.Cc1ccc(S(=O)(=O)O)cc1. The van der Waals surface area contributed by atoms with Gasteiger partial charge in [-0.05, 0) is 138 Å². The van der Waals surface area contributed by atoms with Crippen LogP contribution in [0.15, 0.2) is 117 Å². The van der Waals surface area contributed by atoms with E-state index in [1.54, 1.807) is 87.1 Å². The fourth-order valence-electron chi connectivity index (χ4n) is 6.82. The summed E-state index contributed by atoms with van der Waals surface area (Å²) in [5.74, 6) is 4.71. The molecular weight excluding hydrogens is 777 g/mol.